The summed E-state index contributed by atoms with van der Waals surface area (Å²) in [5.41, 5.74) is 0.986. The van der Waals surface area contributed by atoms with E-state index in [4.69, 9.17) is 4.74 Å². The number of methoxy groups -OCH3 is 1. The summed E-state index contributed by atoms with van der Waals surface area (Å²) in [6, 6.07) is 11.0. The van der Waals surface area contributed by atoms with Gasteiger partial charge in [0, 0.05) is 5.56 Å². The molecule has 0 N–H and O–H groups in total. The fourth-order valence-electron chi connectivity index (χ4n) is 2.40. The predicted octanol–water partition coefficient (Wildman–Crippen LogP) is 6.05. The highest BCUT2D eigenvalue weighted by atomic mass is 32.1. The van der Waals surface area contributed by atoms with Gasteiger partial charge in [-0.3, -0.25) is 0 Å². The molecule has 8 heteroatoms. The molecule has 0 saturated heterocycles. The van der Waals surface area contributed by atoms with Crippen LogP contribution in [0.25, 0.3) is 17.3 Å². The van der Waals surface area contributed by atoms with Crippen molar-refractivity contribution in [1.82, 2.24) is 4.98 Å². The van der Waals surface area contributed by atoms with Gasteiger partial charge in [-0.2, -0.15) is 13.2 Å². The Morgan fingerprint density at radius 2 is 1.75 bits per heavy atom. The highest BCUT2D eigenvalue weighted by molar-refractivity contribution is 7.14. The van der Waals surface area contributed by atoms with Crippen molar-refractivity contribution in [2.24, 2.45) is 0 Å². The number of ether oxygens (including phenoxy) is 2. The summed E-state index contributed by atoms with van der Waals surface area (Å²) in [5.74, 6) is -0.204. The molecular formula is C20H14F3NO3S. The Bertz CT molecular complexity index is 993. The first-order valence-corrected chi connectivity index (χ1v) is 8.80. The van der Waals surface area contributed by atoms with Gasteiger partial charge in [0.1, 0.15) is 5.75 Å². The van der Waals surface area contributed by atoms with Crippen LogP contribution in [-0.2, 0) is 10.9 Å². The van der Waals surface area contributed by atoms with Gasteiger partial charge in [0.15, 0.2) is 0 Å². The smallest absolute Gasteiger partial charge is 0.416 e. The molecule has 0 aliphatic rings. The van der Waals surface area contributed by atoms with Crippen LogP contribution in [-0.4, -0.2) is 18.1 Å². The fraction of sp³-hybridized carbons (Fsp3) is 0.100. The average Bonchev–Trinajstić information content (AvgIpc) is 3.10. The summed E-state index contributed by atoms with van der Waals surface area (Å²) in [4.78, 5) is 16.7. The van der Waals surface area contributed by atoms with E-state index in [2.05, 4.69) is 16.3 Å². The second-order valence-electron chi connectivity index (χ2n) is 5.59. The topological polar surface area (TPSA) is 48.4 Å². The van der Waals surface area contributed by atoms with Crippen molar-refractivity contribution in [2.75, 3.05) is 7.11 Å². The fourth-order valence-corrected chi connectivity index (χ4v) is 3.20. The van der Waals surface area contributed by atoms with E-state index < -0.39 is 17.7 Å². The SMILES string of the molecule is C=Cc1sc(Oc2ccc(C(F)(F)F)cc2)nc1-c1ccc(C(=O)OC)cc1. The van der Waals surface area contributed by atoms with Crippen LogP contribution in [0.3, 0.4) is 0 Å². The van der Waals surface area contributed by atoms with Gasteiger partial charge in [-0.15, -0.1) is 0 Å². The molecule has 0 bridgehead atoms. The largest absolute Gasteiger partial charge is 0.465 e. The molecule has 0 radical (unpaired) electrons. The summed E-state index contributed by atoms with van der Waals surface area (Å²) >= 11 is 1.21. The maximum Gasteiger partial charge on any atom is 0.416 e. The number of aromatic nitrogens is 1. The maximum atomic E-state index is 12.6. The molecule has 0 fully saturated rings. The van der Waals surface area contributed by atoms with Crippen LogP contribution < -0.4 is 4.74 Å². The second-order valence-corrected chi connectivity index (χ2v) is 6.58. The molecule has 4 nitrogen and oxygen atoms in total. The number of rotatable bonds is 5. The van der Waals surface area contributed by atoms with Crippen LogP contribution in [0.2, 0.25) is 0 Å². The predicted molar refractivity (Wildman–Crippen MR) is 100 cm³/mol. The highest BCUT2D eigenvalue weighted by Crippen LogP contribution is 2.36. The lowest BCUT2D eigenvalue weighted by Crippen LogP contribution is -2.03. The van der Waals surface area contributed by atoms with Gasteiger partial charge < -0.3 is 9.47 Å². The van der Waals surface area contributed by atoms with E-state index in [0.717, 1.165) is 22.6 Å². The number of esters is 1. The molecule has 0 atom stereocenters. The number of benzene rings is 2. The van der Waals surface area contributed by atoms with Crippen LogP contribution in [0.1, 0.15) is 20.8 Å². The number of nitrogens with zero attached hydrogens (tertiary/aromatic N) is 1. The first-order chi connectivity index (χ1) is 13.3. The van der Waals surface area contributed by atoms with Gasteiger partial charge in [0.25, 0.3) is 5.19 Å². The molecule has 1 heterocycles. The molecule has 2 aromatic carbocycles. The zero-order valence-corrected chi connectivity index (χ0v) is 15.4. The number of hydrogen-bond donors (Lipinski definition) is 0. The summed E-state index contributed by atoms with van der Waals surface area (Å²) in [5, 5.41) is 0.265. The van der Waals surface area contributed by atoms with Gasteiger partial charge in [-0.1, -0.05) is 30.0 Å². The zero-order chi connectivity index (χ0) is 20.3. The summed E-state index contributed by atoms with van der Waals surface area (Å²) < 4.78 is 48.2. The lowest BCUT2D eigenvalue weighted by atomic mass is 10.1. The van der Waals surface area contributed by atoms with Crippen molar-refractivity contribution in [1.29, 1.82) is 0 Å². The number of thiazole rings is 1. The third-order valence-electron chi connectivity index (χ3n) is 3.79. The van der Waals surface area contributed by atoms with E-state index >= 15 is 0 Å². The van der Waals surface area contributed by atoms with Gasteiger partial charge >= 0.3 is 12.1 Å². The normalized spacial score (nSPS) is 11.1. The third kappa shape index (κ3) is 4.23. The monoisotopic (exact) mass is 405 g/mol. The maximum absolute atomic E-state index is 12.6. The van der Waals surface area contributed by atoms with Crippen LogP contribution >= 0.6 is 11.3 Å². The average molecular weight is 405 g/mol. The number of halogens is 3. The molecule has 144 valence electrons. The molecule has 0 unspecified atom stereocenters. The lowest BCUT2D eigenvalue weighted by molar-refractivity contribution is -0.137. The van der Waals surface area contributed by atoms with Gasteiger partial charge in [-0.25, -0.2) is 9.78 Å². The molecule has 0 aliphatic carbocycles. The number of hydrogen-bond acceptors (Lipinski definition) is 5. The molecule has 0 saturated carbocycles. The highest BCUT2D eigenvalue weighted by Gasteiger charge is 2.30. The molecule has 3 rings (SSSR count). The van der Waals surface area contributed by atoms with Crippen LogP contribution in [0, 0.1) is 0 Å². The van der Waals surface area contributed by atoms with E-state index in [0.29, 0.717) is 11.3 Å². The van der Waals surface area contributed by atoms with E-state index in [1.54, 1.807) is 30.3 Å². The Hall–Kier alpha value is -3.13. The van der Waals surface area contributed by atoms with Gasteiger partial charge in [0.2, 0.25) is 0 Å². The number of alkyl halides is 3. The van der Waals surface area contributed by atoms with E-state index in [-0.39, 0.29) is 10.9 Å². The first kappa shape index (κ1) is 19.6. The van der Waals surface area contributed by atoms with E-state index in [1.807, 2.05) is 0 Å². The zero-order valence-electron chi connectivity index (χ0n) is 14.6. The first-order valence-electron chi connectivity index (χ1n) is 7.99. The Kier molecular flexibility index (Phi) is 5.51. The third-order valence-corrected chi connectivity index (χ3v) is 4.71. The summed E-state index contributed by atoms with van der Waals surface area (Å²) in [6.45, 7) is 3.75. The summed E-state index contributed by atoms with van der Waals surface area (Å²) in [6.07, 6.45) is -2.79. The van der Waals surface area contributed by atoms with E-state index in [9.17, 15) is 18.0 Å². The molecule has 0 aliphatic heterocycles. The Morgan fingerprint density at radius 3 is 2.29 bits per heavy atom. The van der Waals surface area contributed by atoms with Gasteiger partial charge in [-0.05, 0) is 42.5 Å². The van der Waals surface area contributed by atoms with Crippen LogP contribution in [0.15, 0.2) is 55.1 Å². The van der Waals surface area contributed by atoms with Crippen LogP contribution in [0.4, 0.5) is 13.2 Å². The van der Waals surface area contributed by atoms with E-state index in [1.165, 1.54) is 30.6 Å². The van der Waals surface area contributed by atoms with Gasteiger partial charge in [0.05, 0.1) is 28.8 Å². The Morgan fingerprint density at radius 1 is 1.11 bits per heavy atom. The quantitative estimate of drug-likeness (QED) is 0.485. The Labute approximate surface area is 162 Å². The van der Waals surface area contributed by atoms with Crippen molar-refractivity contribution in [3.63, 3.8) is 0 Å². The summed E-state index contributed by atoms with van der Waals surface area (Å²) in [7, 11) is 1.30. The van der Waals surface area contributed by atoms with Crippen molar-refractivity contribution in [2.45, 2.75) is 6.18 Å². The number of carbonyl (C=O) groups is 1. The molecule has 0 spiro atoms. The standard InChI is InChI=1S/C20H14F3NO3S/c1-3-16-17(12-4-6-13(7-5-12)18(25)26-2)24-19(28-16)27-15-10-8-14(9-11-15)20(21,22)23/h3-11H,1H2,2H3. The van der Waals surface area contributed by atoms with Crippen molar-refractivity contribution >= 4 is 23.4 Å². The minimum atomic E-state index is -4.40. The van der Waals surface area contributed by atoms with Crippen LogP contribution in [0.5, 0.6) is 10.9 Å². The Balaban J connectivity index is 1.84. The second kappa shape index (κ2) is 7.85. The minimum Gasteiger partial charge on any atom is -0.465 e. The van der Waals surface area contributed by atoms with Crippen molar-refractivity contribution < 1.29 is 27.4 Å². The molecule has 1 aromatic heterocycles. The number of carbonyl (C=O) groups excluding carboxylic acids is 1. The van der Waals surface area contributed by atoms with Crippen molar-refractivity contribution in [3.8, 4) is 22.2 Å². The molecule has 0 amide bonds. The molecular weight excluding hydrogens is 391 g/mol. The minimum absolute atomic E-state index is 0.241. The molecule has 3 aromatic rings. The van der Waals surface area contributed by atoms with Crippen molar-refractivity contribution in [3.05, 3.63) is 71.1 Å². The molecule has 28 heavy (non-hydrogen) atoms. The lowest BCUT2D eigenvalue weighted by Gasteiger charge is -2.07.